The van der Waals surface area contributed by atoms with Crippen molar-refractivity contribution in [2.75, 3.05) is 11.9 Å². The van der Waals surface area contributed by atoms with E-state index in [9.17, 15) is 4.79 Å². The topological polar surface area (TPSA) is 84.6 Å². The number of anilines is 1. The van der Waals surface area contributed by atoms with E-state index in [1.165, 1.54) is 0 Å². The maximum Gasteiger partial charge on any atom is 0.411 e. The highest BCUT2D eigenvalue weighted by Crippen LogP contribution is 2.05. The number of carbonyl (C=O) groups is 1. The third-order valence-electron chi connectivity index (χ3n) is 2.05. The Labute approximate surface area is 122 Å². The quantitative estimate of drug-likeness (QED) is 0.793. The van der Waals surface area contributed by atoms with Crippen LogP contribution in [-0.2, 0) is 4.74 Å². The molecule has 0 fully saturated rings. The molecule has 2 atom stereocenters. The van der Waals surface area contributed by atoms with E-state index in [1.54, 1.807) is 31.2 Å². The highest BCUT2D eigenvalue weighted by molar-refractivity contribution is 5.84. The lowest BCUT2D eigenvalue weighted by atomic mass is 10.2. The van der Waals surface area contributed by atoms with Crippen LogP contribution in [0.1, 0.15) is 34.6 Å². The van der Waals surface area contributed by atoms with Crippen molar-refractivity contribution in [3.05, 3.63) is 30.3 Å². The van der Waals surface area contributed by atoms with Gasteiger partial charge in [0.05, 0.1) is 12.1 Å². The molecule has 0 spiro atoms. The van der Waals surface area contributed by atoms with Gasteiger partial charge in [0.15, 0.2) is 0 Å². The first-order valence-corrected chi connectivity index (χ1v) is 7.02. The highest BCUT2D eigenvalue weighted by Gasteiger charge is 2.12. The molecule has 0 aliphatic heterocycles. The van der Waals surface area contributed by atoms with E-state index in [1.807, 2.05) is 33.8 Å². The molecule has 2 unspecified atom stereocenters. The predicted molar refractivity (Wildman–Crippen MR) is 83.8 cm³/mol. The summed E-state index contributed by atoms with van der Waals surface area (Å²) in [6.07, 6.45) is -1.29. The number of aliphatic hydroxyl groups is 1. The van der Waals surface area contributed by atoms with Crippen molar-refractivity contribution in [3.63, 3.8) is 0 Å². The van der Waals surface area contributed by atoms with Crippen LogP contribution >= 0.6 is 0 Å². The van der Waals surface area contributed by atoms with Gasteiger partial charge in [-0.15, -0.1) is 0 Å². The summed E-state index contributed by atoms with van der Waals surface area (Å²) in [5.74, 6) is 0. The molecule has 1 aromatic carbocycles. The Morgan fingerprint density at radius 2 is 1.75 bits per heavy atom. The van der Waals surface area contributed by atoms with E-state index in [0.717, 1.165) is 0 Å². The summed E-state index contributed by atoms with van der Waals surface area (Å²) in [5, 5.41) is 11.6. The second-order valence-corrected chi connectivity index (χ2v) is 3.49. The first-order valence-electron chi connectivity index (χ1n) is 7.02. The summed E-state index contributed by atoms with van der Waals surface area (Å²) in [7, 11) is 0. The van der Waals surface area contributed by atoms with Gasteiger partial charge >= 0.3 is 6.09 Å². The zero-order valence-corrected chi connectivity index (χ0v) is 13.1. The zero-order chi connectivity index (χ0) is 16.0. The minimum Gasteiger partial charge on any atom is -0.448 e. The van der Waals surface area contributed by atoms with Gasteiger partial charge in [0.1, 0.15) is 6.61 Å². The van der Waals surface area contributed by atoms with Gasteiger partial charge in [0.25, 0.3) is 0 Å². The van der Waals surface area contributed by atoms with Gasteiger partial charge in [-0.1, -0.05) is 45.9 Å². The normalized spacial score (nSPS) is 11.8. The van der Waals surface area contributed by atoms with Gasteiger partial charge in [-0.25, -0.2) is 4.79 Å². The van der Waals surface area contributed by atoms with E-state index < -0.39 is 18.2 Å². The van der Waals surface area contributed by atoms with E-state index >= 15 is 0 Å². The fraction of sp³-hybridized carbons (Fsp3) is 0.533. The first kappa shape index (κ1) is 20.7. The summed E-state index contributed by atoms with van der Waals surface area (Å²) in [6.45, 7) is 9.53. The molecule has 0 bridgehead atoms. The van der Waals surface area contributed by atoms with Gasteiger partial charge in [0.2, 0.25) is 0 Å². The molecule has 5 nitrogen and oxygen atoms in total. The van der Waals surface area contributed by atoms with Gasteiger partial charge in [-0.2, -0.15) is 0 Å². The lowest BCUT2D eigenvalue weighted by Gasteiger charge is -2.14. The van der Waals surface area contributed by atoms with E-state index in [2.05, 4.69) is 5.32 Å². The third kappa shape index (κ3) is 10.3. The second-order valence-electron chi connectivity index (χ2n) is 3.49. The second kappa shape index (κ2) is 13.8. The van der Waals surface area contributed by atoms with Crippen LogP contribution < -0.4 is 11.1 Å². The number of hydrogen-bond acceptors (Lipinski definition) is 4. The molecule has 1 rings (SSSR count). The molecule has 0 saturated heterocycles. The third-order valence-corrected chi connectivity index (χ3v) is 2.05. The van der Waals surface area contributed by atoms with Crippen LogP contribution in [0.2, 0.25) is 0 Å². The number of nitrogens with one attached hydrogen (secondary N) is 1. The maximum atomic E-state index is 11.3. The Balaban J connectivity index is 0. The van der Waals surface area contributed by atoms with Crippen LogP contribution in [0.25, 0.3) is 0 Å². The van der Waals surface area contributed by atoms with Crippen molar-refractivity contribution in [2.45, 2.75) is 46.8 Å². The molecule has 0 saturated carbocycles. The fourth-order valence-corrected chi connectivity index (χ4v) is 0.987. The number of benzene rings is 1. The average Bonchev–Trinajstić information content (AvgIpc) is 2.49. The molecular formula is C15H28N2O3. The summed E-state index contributed by atoms with van der Waals surface area (Å²) in [4.78, 5) is 11.3. The summed E-state index contributed by atoms with van der Waals surface area (Å²) in [6, 6.07) is 8.38. The Hall–Kier alpha value is -1.59. The molecule has 4 N–H and O–H groups in total. The molecule has 20 heavy (non-hydrogen) atoms. The van der Waals surface area contributed by atoms with E-state index in [4.69, 9.17) is 15.6 Å². The molecule has 0 aliphatic rings. The molecule has 1 amide bonds. The molecule has 5 heteroatoms. The van der Waals surface area contributed by atoms with Crippen LogP contribution in [0.3, 0.4) is 0 Å². The Morgan fingerprint density at radius 3 is 2.20 bits per heavy atom. The molecule has 1 aromatic rings. The van der Waals surface area contributed by atoms with Crippen LogP contribution in [-0.4, -0.2) is 30.0 Å². The summed E-state index contributed by atoms with van der Waals surface area (Å²) >= 11 is 0. The van der Waals surface area contributed by atoms with Crippen LogP contribution in [0.15, 0.2) is 30.3 Å². The van der Waals surface area contributed by atoms with Crippen molar-refractivity contribution >= 4 is 11.8 Å². The lowest BCUT2D eigenvalue weighted by molar-refractivity contribution is 0.103. The largest absolute Gasteiger partial charge is 0.448 e. The number of para-hydroxylation sites is 1. The average molecular weight is 284 g/mol. The van der Waals surface area contributed by atoms with Crippen molar-refractivity contribution in [1.82, 2.24) is 0 Å². The smallest absolute Gasteiger partial charge is 0.411 e. The van der Waals surface area contributed by atoms with Crippen LogP contribution in [0.5, 0.6) is 0 Å². The molecule has 116 valence electrons. The molecule has 0 aromatic heterocycles. The van der Waals surface area contributed by atoms with Gasteiger partial charge in [0, 0.05) is 5.69 Å². The number of ether oxygens (including phenoxy) is 1. The molecule has 0 heterocycles. The van der Waals surface area contributed by atoms with Gasteiger partial charge in [-0.05, 0) is 19.1 Å². The van der Waals surface area contributed by atoms with Crippen molar-refractivity contribution in [2.24, 2.45) is 5.73 Å². The SMILES string of the molecule is CC.CC.CC(O)C(N)COC(=O)Nc1ccccc1. The van der Waals surface area contributed by atoms with Gasteiger partial charge < -0.3 is 15.6 Å². The highest BCUT2D eigenvalue weighted by atomic mass is 16.5. The number of amides is 1. The number of nitrogens with two attached hydrogens (primary N) is 1. The van der Waals surface area contributed by atoms with Crippen molar-refractivity contribution in [3.8, 4) is 0 Å². The minimum absolute atomic E-state index is 0.0175. The van der Waals surface area contributed by atoms with Crippen molar-refractivity contribution < 1.29 is 14.6 Å². The van der Waals surface area contributed by atoms with E-state index in [0.29, 0.717) is 5.69 Å². The molecule has 0 aliphatic carbocycles. The maximum absolute atomic E-state index is 11.3. The Morgan fingerprint density at radius 1 is 1.25 bits per heavy atom. The Kier molecular flexibility index (Phi) is 14.3. The van der Waals surface area contributed by atoms with Crippen LogP contribution in [0.4, 0.5) is 10.5 Å². The monoisotopic (exact) mass is 284 g/mol. The summed E-state index contributed by atoms with van der Waals surface area (Å²) in [5.41, 5.74) is 6.15. The fourth-order valence-electron chi connectivity index (χ4n) is 0.987. The number of rotatable bonds is 4. The predicted octanol–water partition coefficient (Wildman–Crippen LogP) is 3.00. The zero-order valence-electron chi connectivity index (χ0n) is 13.1. The van der Waals surface area contributed by atoms with Gasteiger partial charge in [-0.3, -0.25) is 5.32 Å². The van der Waals surface area contributed by atoms with E-state index in [-0.39, 0.29) is 6.61 Å². The minimum atomic E-state index is -0.704. The summed E-state index contributed by atoms with van der Waals surface area (Å²) < 4.78 is 4.83. The first-order chi connectivity index (χ1) is 9.59. The number of carbonyl (C=O) groups excluding carboxylic acids is 1. The number of aliphatic hydroxyl groups excluding tert-OH is 1. The standard InChI is InChI=1S/C11H16N2O3.2C2H6/c1-8(14)10(12)7-16-11(15)13-9-5-3-2-4-6-9;2*1-2/h2-6,8,10,14H,7,12H2,1H3,(H,13,15);2*1-2H3. The Bertz CT molecular complexity index is 329. The lowest BCUT2D eigenvalue weighted by Crippen LogP contribution is -2.38. The van der Waals surface area contributed by atoms with Crippen molar-refractivity contribution in [1.29, 1.82) is 0 Å². The van der Waals surface area contributed by atoms with Crippen LogP contribution in [0, 0.1) is 0 Å². The molecule has 0 radical (unpaired) electrons. The molecular weight excluding hydrogens is 256 g/mol. The number of hydrogen-bond donors (Lipinski definition) is 3.